The van der Waals surface area contributed by atoms with E-state index in [-0.39, 0.29) is 4.90 Å². The molecule has 7 heteroatoms. The Bertz CT molecular complexity index is 1090. The van der Waals surface area contributed by atoms with Gasteiger partial charge in [0.1, 0.15) is 0 Å². The van der Waals surface area contributed by atoms with E-state index < -0.39 is 10.0 Å². The first-order valence-electron chi connectivity index (χ1n) is 9.62. The summed E-state index contributed by atoms with van der Waals surface area (Å²) in [7, 11) is -3.68. The number of aromatic nitrogens is 2. The summed E-state index contributed by atoms with van der Waals surface area (Å²) in [5.41, 5.74) is 4.20. The molecule has 0 aliphatic rings. The Balaban J connectivity index is 1.83. The average molecular weight is 476 g/mol. The molecule has 3 aromatic rings. The summed E-state index contributed by atoms with van der Waals surface area (Å²) in [6.45, 7) is 8.52. The smallest absolute Gasteiger partial charge is 0.262 e. The average Bonchev–Trinajstić information content (AvgIpc) is 2.96. The molecule has 3 rings (SSSR count). The van der Waals surface area contributed by atoms with Crippen LogP contribution in [0, 0.1) is 13.8 Å². The second-order valence-corrected chi connectivity index (χ2v) is 9.91. The van der Waals surface area contributed by atoms with Gasteiger partial charge < -0.3 is 0 Å². The highest BCUT2D eigenvalue weighted by Gasteiger charge is 2.20. The van der Waals surface area contributed by atoms with Crippen molar-refractivity contribution in [3.63, 3.8) is 0 Å². The Morgan fingerprint density at radius 2 is 1.69 bits per heavy atom. The summed E-state index contributed by atoms with van der Waals surface area (Å²) in [4.78, 5) is 0.254. The third-order valence-electron chi connectivity index (χ3n) is 5.24. The third-order valence-corrected chi connectivity index (χ3v) is 7.13. The highest BCUT2D eigenvalue weighted by molar-refractivity contribution is 9.10. The number of aryl methyl sites for hydroxylation is 1. The Morgan fingerprint density at radius 1 is 1.07 bits per heavy atom. The molecule has 5 nitrogen and oxygen atoms in total. The summed E-state index contributed by atoms with van der Waals surface area (Å²) in [5, 5.41) is 4.53. The largest absolute Gasteiger partial charge is 0.276 e. The van der Waals surface area contributed by atoms with Gasteiger partial charge in [-0.1, -0.05) is 54.0 Å². The van der Waals surface area contributed by atoms with E-state index in [1.807, 2.05) is 54.9 Å². The van der Waals surface area contributed by atoms with Crippen molar-refractivity contribution >= 4 is 31.6 Å². The second kappa shape index (κ2) is 8.71. The molecule has 0 fully saturated rings. The zero-order valence-electron chi connectivity index (χ0n) is 17.1. The fourth-order valence-electron chi connectivity index (χ4n) is 3.17. The van der Waals surface area contributed by atoms with Crippen LogP contribution in [0.15, 0.2) is 57.9 Å². The maximum Gasteiger partial charge on any atom is 0.262 e. The SMILES string of the molecule is CCC(C)c1ccc(S(=O)(=O)Nc2c(C)nn(Cc3ccc(Br)cc3)c2C)cc1. The first-order valence-corrected chi connectivity index (χ1v) is 11.9. The van der Waals surface area contributed by atoms with Gasteiger partial charge in [-0.15, -0.1) is 0 Å². The van der Waals surface area contributed by atoms with Crippen LogP contribution in [0.1, 0.15) is 48.7 Å². The molecule has 1 N–H and O–H groups in total. The van der Waals surface area contributed by atoms with Crippen molar-refractivity contribution in [2.24, 2.45) is 0 Å². The molecule has 1 heterocycles. The quantitative estimate of drug-likeness (QED) is 0.481. The Labute approximate surface area is 181 Å². The number of anilines is 1. The number of nitrogens with zero attached hydrogens (tertiary/aromatic N) is 2. The number of sulfonamides is 1. The Kier molecular flexibility index (Phi) is 6.49. The van der Waals surface area contributed by atoms with Crippen molar-refractivity contribution in [2.45, 2.75) is 51.5 Å². The Hall–Kier alpha value is -2.12. The molecular weight excluding hydrogens is 450 g/mol. The molecule has 2 aromatic carbocycles. The lowest BCUT2D eigenvalue weighted by molar-refractivity contribution is 0.601. The van der Waals surface area contributed by atoms with E-state index in [1.165, 1.54) is 0 Å². The summed E-state index contributed by atoms with van der Waals surface area (Å²) in [5.74, 6) is 0.404. The van der Waals surface area contributed by atoms with Crippen molar-refractivity contribution < 1.29 is 8.42 Å². The van der Waals surface area contributed by atoms with Gasteiger partial charge in [0.05, 0.1) is 28.5 Å². The summed E-state index contributed by atoms with van der Waals surface area (Å²) in [6.07, 6.45) is 1.01. The van der Waals surface area contributed by atoms with Gasteiger partial charge in [0.15, 0.2) is 0 Å². The fraction of sp³-hybridized carbons (Fsp3) is 0.318. The number of hydrogen-bond acceptors (Lipinski definition) is 3. The van der Waals surface area contributed by atoms with E-state index >= 15 is 0 Å². The number of benzene rings is 2. The van der Waals surface area contributed by atoms with Crippen LogP contribution in [-0.4, -0.2) is 18.2 Å². The molecule has 0 radical (unpaired) electrons. The summed E-state index contributed by atoms with van der Waals surface area (Å²) >= 11 is 3.43. The van der Waals surface area contributed by atoms with Crippen molar-refractivity contribution in [3.05, 3.63) is 75.5 Å². The number of hydrogen-bond donors (Lipinski definition) is 1. The first-order chi connectivity index (χ1) is 13.7. The topological polar surface area (TPSA) is 64.0 Å². The minimum Gasteiger partial charge on any atom is -0.276 e. The highest BCUT2D eigenvalue weighted by atomic mass is 79.9. The van der Waals surface area contributed by atoms with E-state index in [0.717, 1.165) is 27.7 Å². The van der Waals surface area contributed by atoms with E-state index in [4.69, 9.17) is 0 Å². The van der Waals surface area contributed by atoms with Crippen molar-refractivity contribution in [3.8, 4) is 0 Å². The van der Waals surface area contributed by atoms with E-state index in [0.29, 0.717) is 23.8 Å². The van der Waals surface area contributed by atoms with Gasteiger partial charge >= 0.3 is 0 Å². The zero-order valence-corrected chi connectivity index (χ0v) is 19.5. The first kappa shape index (κ1) is 21.6. The molecule has 0 saturated carbocycles. The monoisotopic (exact) mass is 475 g/mol. The number of halogens is 1. The van der Waals surface area contributed by atoms with Crippen LogP contribution < -0.4 is 4.72 Å². The van der Waals surface area contributed by atoms with Crippen molar-refractivity contribution in [1.29, 1.82) is 0 Å². The summed E-state index contributed by atoms with van der Waals surface area (Å²) in [6, 6.07) is 15.1. The zero-order chi connectivity index (χ0) is 21.2. The molecule has 154 valence electrons. The molecule has 0 saturated heterocycles. The van der Waals surface area contributed by atoms with Crippen LogP contribution in [0.5, 0.6) is 0 Å². The minimum absolute atomic E-state index is 0.254. The molecule has 29 heavy (non-hydrogen) atoms. The van der Waals surface area contributed by atoms with Gasteiger partial charge in [-0.25, -0.2) is 8.42 Å². The van der Waals surface area contributed by atoms with Crippen LogP contribution in [0.3, 0.4) is 0 Å². The number of nitrogens with one attached hydrogen (secondary N) is 1. The third kappa shape index (κ3) is 4.90. The molecule has 1 atom stereocenters. The van der Waals surface area contributed by atoms with Gasteiger partial charge in [0, 0.05) is 4.47 Å². The van der Waals surface area contributed by atoms with Crippen LogP contribution in [-0.2, 0) is 16.6 Å². The van der Waals surface area contributed by atoms with E-state index in [2.05, 4.69) is 39.6 Å². The van der Waals surface area contributed by atoms with Crippen molar-refractivity contribution in [1.82, 2.24) is 9.78 Å². The van der Waals surface area contributed by atoms with Crippen LogP contribution >= 0.6 is 15.9 Å². The lowest BCUT2D eigenvalue weighted by Gasteiger charge is -2.12. The van der Waals surface area contributed by atoms with Gasteiger partial charge in [-0.05, 0) is 61.6 Å². The maximum absolute atomic E-state index is 12.9. The molecule has 1 unspecified atom stereocenters. The molecule has 1 aromatic heterocycles. The summed E-state index contributed by atoms with van der Waals surface area (Å²) < 4.78 is 31.4. The fourth-order valence-corrected chi connectivity index (χ4v) is 4.61. The van der Waals surface area contributed by atoms with Gasteiger partial charge in [-0.2, -0.15) is 5.10 Å². The lowest BCUT2D eigenvalue weighted by atomic mass is 9.99. The minimum atomic E-state index is -3.68. The van der Waals surface area contributed by atoms with Gasteiger partial charge in [0.2, 0.25) is 0 Å². The van der Waals surface area contributed by atoms with E-state index in [1.54, 1.807) is 12.1 Å². The normalized spacial score (nSPS) is 12.7. The molecule has 0 bridgehead atoms. The van der Waals surface area contributed by atoms with E-state index in [9.17, 15) is 8.42 Å². The molecule has 0 amide bonds. The van der Waals surface area contributed by atoms with Crippen molar-refractivity contribution in [2.75, 3.05) is 4.72 Å². The van der Waals surface area contributed by atoms with Gasteiger partial charge in [0.25, 0.3) is 10.0 Å². The molecule has 0 aliphatic heterocycles. The maximum atomic E-state index is 12.9. The Morgan fingerprint density at radius 3 is 2.28 bits per heavy atom. The highest BCUT2D eigenvalue weighted by Crippen LogP contribution is 2.26. The molecular formula is C22H26BrN3O2S. The van der Waals surface area contributed by atoms with Crippen LogP contribution in [0.25, 0.3) is 0 Å². The second-order valence-electron chi connectivity index (χ2n) is 7.31. The predicted molar refractivity (Wildman–Crippen MR) is 121 cm³/mol. The molecule has 0 spiro atoms. The van der Waals surface area contributed by atoms with Gasteiger partial charge in [-0.3, -0.25) is 9.40 Å². The predicted octanol–water partition coefficient (Wildman–Crippen LogP) is 5.63. The van der Waals surface area contributed by atoms with Crippen LogP contribution in [0.2, 0.25) is 0 Å². The molecule has 0 aliphatic carbocycles. The standard InChI is InChI=1S/C22H26BrN3O2S/c1-5-15(2)19-8-12-21(13-9-19)29(27,28)25-22-16(3)24-26(17(22)4)14-18-6-10-20(23)11-7-18/h6-13,15,25H,5,14H2,1-4H3. The lowest BCUT2D eigenvalue weighted by Crippen LogP contribution is -2.14. The van der Waals surface area contributed by atoms with Crippen LogP contribution in [0.4, 0.5) is 5.69 Å². The number of rotatable bonds is 7.